The number of carbonyl (C=O) groups excluding carboxylic acids is 1. The average molecular weight is 662 g/mol. The van der Waals surface area contributed by atoms with Crippen LogP contribution in [0.4, 0.5) is 0 Å². The molecule has 47 heavy (non-hydrogen) atoms. The van der Waals surface area contributed by atoms with Gasteiger partial charge < -0.3 is 50.5 Å². The minimum absolute atomic E-state index is 0.0118. The predicted molar refractivity (Wildman–Crippen MR) is 176 cm³/mol. The first-order chi connectivity index (χ1) is 22.1. The molecule has 2 heterocycles. The highest BCUT2D eigenvalue weighted by Gasteiger charge is 2.60. The molecule has 2 fully saturated rings. The van der Waals surface area contributed by atoms with Gasteiger partial charge in [0.05, 0.1) is 37.1 Å². The van der Waals surface area contributed by atoms with Gasteiger partial charge in [0.2, 0.25) is 11.7 Å². The highest BCUT2D eigenvalue weighted by molar-refractivity contribution is 5.80. The van der Waals surface area contributed by atoms with Crippen LogP contribution in [-0.2, 0) is 19.1 Å². The molecule has 0 aliphatic carbocycles. The molecule has 2 saturated heterocycles. The summed E-state index contributed by atoms with van der Waals surface area (Å²) in [7, 11) is 0. The number of carbonyl (C=O) groups is 2. The first-order valence-electron chi connectivity index (χ1n) is 15.6. The highest BCUT2D eigenvalue weighted by atomic mass is 16.7. The fourth-order valence-corrected chi connectivity index (χ4v) is 5.44. The van der Waals surface area contributed by atoms with Crippen LogP contribution in [-0.4, -0.2) is 109 Å². The number of aliphatic hydroxyl groups excluding tert-OH is 5. The Bertz CT molecular complexity index is 1250. The fourth-order valence-electron chi connectivity index (χ4n) is 5.44. The van der Waals surface area contributed by atoms with Crippen LogP contribution >= 0.6 is 0 Å². The van der Waals surface area contributed by atoms with Gasteiger partial charge in [0.25, 0.3) is 0 Å². The van der Waals surface area contributed by atoms with Gasteiger partial charge in [-0.2, -0.15) is 0 Å². The molecule has 0 saturated carbocycles. The van der Waals surface area contributed by atoms with Crippen LogP contribution in [0, 0.1) is 17.3 Å². The fraction of sp³-hybridized carbons (Fsp3) is 0.543. The smallest absolute Gasteiger partial charge is 0.328 e. The molecule has 1 amide bonds. The SMILES string of the molecule is C/C=C\C=C\[C@@H]1O[C@](O)(C(CO)C(=O)NC/C=C/C=C(\C)C(O)C(C)C2CC(O)C(/C=C/C=C/C=C/C(=O)O)O2)[C@H](O)[C@H](O)C1(C)C. The van der Waals surface area contributed by atoms with E-state index in [1.54, 1.807) is 87.6 Å². The summed E-state index contributed by atoms with van der Waals surface area (Å²) in [6.45, 7) is 7.80. The van der Waals surface area contributed by atoms with Crippen molar-refractivity contribution in [1.82, 2.24) is 5.32 Å². The van der Waals surface area contributed by atoms with Crippen LogP contribution in [0.25, 0.3) is 0 Å². The van der Waals surface area contributed by atoms with Crippen LogP contribution in [0.1, 0.15) is 41.0 Å². The second-order valence-corrected chi connectivity index (χ2v) is 12.4. The Labute approximate surface area is 276 Å². The lowest BCUT2D eigenvalue weighted by atomic mass is 9.71. The summed E-state index contributed by atoms with van der Waals surface area (Å²) in [5.74, 6) is -6.39. The summed E-state index contributed by atoms with van der Waals surface area (Å²) in [5, 5.41) is 75.4. The van der Waals surface area contributed by atoms with Crippen molar-refractivity contribution in [3.05, 3.63) is 84.6 Å². The number of carboxylic acids is 1. The topological polar surface area (TPSA) is 206 Å². The molecule has 0 aromatic heterocycles. The van der Waals surface area contributed by atoms with Crippen molar-refractivity contribution < 1.29 is 54.8 Å². The van der Waals surface area contributed by atoms with Crippen LogP contribution in [0.15, 0.2) is 84.6 Å². The van der Waals surface area contributed by atoms with Crippen molar-refractivity contribution in [3.8, 4) is 0 Å². The number of ether oxygens (including phenoxy) is 2. The lowest BCUT2D eigenvalue weighted by Crippen LogP contribution is -2.69. The van der Waals surface area contributed by atoms with Gasteiger partial charge in [0.1, 0.15) is 18.1 Å². The van der Waals surface area contributed by atoms with Gasteiger partial charge in [-0.15, -0.1) is 0 Å². The number of hydrogen-bond donors (Lipinski definition) is 8. The molecule has 12 heteroatoms. The minimum Gasteiger partial charge on any atom is -0.478 e. The third-order valence-electron chi connectivity index (χ3n) is 8.62. The molecule has 0 aromatic rings. The minimum atomic E-state index is -2.57. The molecule has 2 rings (SSSR count). The molecule has 6 unspecified atom stereocenters. The molecule has 10 atom stereocenters. The van der Waals surface area contributed by atoms with E-state index in [9.17, 15) is 40.2 Å². The zero-order chi connectivity index (χ0) is 35.4. The lowest BCUT2D eigenvalue weighted by Gasteiger charge is -2.52. The number of aliphatic hydroxyl groups is 6. The van der Waals surface area contributed by atoms with Gasteiger partial charge in [0.15, 0.2) is 0 Å². The molecule has 0 spiro atoms. The van der Waals surface area contributed by atoms with E-state index in [-0.39, 0.29) is 12.5 Å². The predicted octanol–water partition coefficient (Wildman–Crippen LogP) is 1.45. The number of carboxylic acid groups (broad SMARTS) is 1. The van der Waals surface area contributed by atoms with E-state index in [1.165, 1.54) is 6.08 Å². The van der Waals surface area contributed by atoms with Gasteiger partial charge in [-0.25, -0.2) is 4.79 Å². The Morgan fingerprint density at radius 3 is 2.30 bits per heavy atom. The Kier molecular flexibility index (Phi) is 15.6. The van der Waals surface area contributed by atoms with Crippen LogP contribution in [0.5, 0.6) is 0 Å². The van der Waals surface area contributed by atoms with E-state index in [0.29, 0.717) is 12.0 Å². The van der Waals surface area contributed by atoms with Gasteiger partial charge in [-0.05, 0) is 19.4 Å². The second-order valence-electron chi connectivity index (χ2n) is 12.4. The maximum absolute atomic E-state index is 13.0. The lowest BCUT2D eigenvalue weighted by molar-refractivity contribution is -0.361. The molecule has 12 nitrogen and oxygen atoms in total. The largest absolute Gasteiger partial charge is 0.478 e. The molecule has 0 bridgehead atoms. The number of allylic oxidation sites excluding steroid dienone is 9. The first kappa shape index (κ1) is 40.0. The monoisotopic (exact) mass is 661 g/mol. The zero-order valence-corrected chi connectivity index (χ0v) is 27.6. The Hall–Kier alpha value is -3.20. The normalized spacial score (nSPS) is 32.4. The molecular formula is C35H51NO11. The number of hydrogen-bond acceptors (Lipinski definition) is 10. The zero-order valence-electron chi connectivity index (χ0n) is 27.6. The van der Waals surface area contributed by atoms with Crippen molar-refractivity contribution in [3.63, 3.8) is 0 Å². The molecule has 0 radical (unpaired) electrons. The van der Waals surface area contributed by atoms with E-state index >= 15 is 0 Å². The van der Waals surface area contributed by atoms with Crippen LogP contribution < -0.4 is 5.32 Å². The van der Waals surface area contributed by atoms with Crippen molar-refractivity contribution in [1.29, 1.82) is 0 Å². The summed E-state index contributed by atoms with van der Waals surface area (Å²) in [5.41, 5.74) is -0.404. The van der Waals surface area contributed by atoms with Crippen molar-refractivity contribution in [2.45, 2.75) is 89.6 Å². The van der Waals surface area contributed by atoms with Crippen LogP contribution in [0.2, 0.25) is 0 Å². The van der Waals surface area contributed by atoms with E-state index in [4.69, 9.17) is 14.6 Å². The summed E-state index contributed by atoms with van der Waals surface area (Å²) in [6.07, 6.45) is 13.9. The summed E-state index contributed by atoms with van der Waals surface area (Å²) in [4.78, 5) is 23.5. The van der Waals surface area contributed by atoms with E-state index in [1.807, 2.05) is 13.8 Å². The molecule has 8 N–H and O–H groups in total. The van der Waals surface area contributed by atoms with Crippen molar-refractivity contribution in [2.75, 3.05) is 13.2 Å². The molecule has 262 valence electrons. The molecular weight excluding hydrogens is 610 g/mol. The van der Waals surface area contributed by atoms with E-state index in [0.717, 1.165) is 6.08 Å². The van der Waals surface area contributed by atoms with Gasteiger partial charge in [0, 0.05) is 30.4 Å². The average Bonchev–Trinajstić information content (AvgIpc) is 3.39. The Morgan fingerprint density at radius 1 is 1.00 bits per heavy atom. The quantitative estimate of drug-likeness (QED) is 0.0931. The molecule has 2 aliphatic rings. The molecule has 2 aliphatic heterocycles. The van der Waals surface area contributed by atoms with Gasteiger partial charge >= 0.3 is 5.97 Å². The summed E-state index contributed by atoms with van der Waals surface area (Å²) in [6, 6.07) is 0. The van der Waals surface area contributed by atoms with Crippen molar-refractivity contribution >= 4 is 11.9 Å². The molecule has 0 aromatic carbocycles. The Morgan fingerprint density at radius 2 is 1.66 bits per heavy atom. The van der Waals surface area contributed by atoms with Crippen molar-refractivity contribution in [2.24, 2.45) is 17.3 Å². The number of amides is 1. The van der Waals surface area contributed by atoms with Crippen LogP contribution in [0.3, 0.4) is 0 Å². The third-order valence-corrected chi connectivity index (χ3v) is 8.62. The Balaban J connectivity index is 1.97. The standard InChI is InChI=1S/C35H51NO11/c1-6-7-10-17-28-34(4,5)31(42)32(43)35(45,47-28)24(21-37)33(44)36-19-14-13-15-22(2)30(41)23(3)27-20-25(38)26(46-27)16-11-8-9-12-18-29(39)40/h6-18,23-28,30-32,37-38,41-43,45H,19-21H2,1-5H3,(H,36,44)(H,39,40)/b7-6-,9-8+,14-13+,16-11+,17-10+,18-12+,22-15+/t23?,24?,25?,26?,27?,28-,30?,31-,32+,35+/m0/s1. The van der Waals surface area contributed by atoms with Gasteiger partial charge in [-0.1, -0.05) is 93.7 Å². The summed E-state index contributed by atoms with van der Waals surface area (Å²) < 4.78 is 11.7. The maximum atomic E-state index is 13.0. The third kappa shape index (κ3) is 10.6. The number of rotatable bonds is 15. The summed E-state index contributed by atoms with van der Waals surface area (Å²) >= 11 is 0. The number of aliphatic carboxylic acids is 1. The van der Waals surface area contributed by atoms with Gasteiger partial charge in [-0.3, -0.25) is 4.79 Å². The first-order valence-corrected chi connectivity index (χ1v) is 15.6. The van der Waals surface area contributed by atoms with E-state index in [2.05, 4.69) is 5.32 Å². The number of nitrogens with one attached hydrogen (secondary N) is 1. The highest BCUT2D eigenvalue weighted by Crippen LogP contribution is 2.44. The second kappa shape index (κ2) is 18.4. The van der Waals surface area contributed by atoms with E-state index < -0.39 is 78.3 Å². The maximum Gasteiger partial charge on any atom is 0.328 e.